The molecular weight excluding hydrogens is 274 g/mol. The molecule has 5 nitrogen and oxygen atoms in total. The van der Waals surface area contributed by atoms with Crippen molar-refractivity contribution >= 4 is 11.0 Å². The number of hydrogen-bond acceptors (Lipinski definition) is 3. The molecule has 0 amide bonds. The average Bonchev–Trinajstić information content (AvgIpc) is 3.13. The molecular formula is C17H21N5. The zero-order valence-corrected chi connectivity index (χ0v) is 12.9. The molecule has 5 heteroatoms. The van der Waals surface area contributed by atoms with Crippen molar-refractivity contribution in [3.63, 3.8) is 0 Å². The monoisotopic (exact) mass is 295 g/mol. The van der Waals surface area contributed by atoms with Crippen LogP contribution in [-0.4, -0.2) is 37.7 Å². The number of H-pyrrole nitrogens is 1. The summed E-state index contributed by atoms with van der Waals surface area (Å²) in [5, 5.41) is 4.26. The van der Waals surface area contributed by atoms with Crippen LogP contribution in [0.5, 0.6) is 0 Å². The molecule has 1 N–H and O–H groups in total. The summed E-state index contributed by atoms with van der Waals surface area (Å²) in [5.41, 5.74) is 3.50. The summed E-state index contributed by atoms with van der Waals surface area (Å²) in [6.07, 6.45) is 6.50. The minimum absolute atomic E-state index is 0.498. The topological polar surface area (TPSA) is 49.7 Å². The first-order chi connectivity index (χ1) is 10.8. The normalized spacial score (nSPS) is 19.8. The fourth-order valence-corrected chi connectivity index (χ4v) is 3.40. The minimum Gasteiger partial charge on any atom is -0.342 e. The molecule has 1 fully saturated rings. The number of aromatic amines is 1. The highest BCUT2D eigenvalue weighted by Crippen LogP contribution is 2.27. The molecule has 3 heterocycles. The number of piperidine rings is 1. The number of nitrogens with zero attached hydrogens (tertiary/aromatic N) is 4. The molecule has 1 aliphatic heterocycles. The van der Waals surface area contributed by atoms with Gasteiger partial charge in [-0.2, -0.15) is 5.10 Å². The number of para-hydroxylation sites is 2. The number of rotatable bonds is 3. The van der Waals surface area contributed by atoms with Gasteiger partial charge in [-0.3, -0.25) is 9.58 Å². The highest BCUT2D eigenvalue weighted by molar-refractivity contribution is 5.74. The van der Waals surface area contributed by atoms with Crippen LogP contribution < -0.4 is 0 Å². The van der Waals surface area contributed by atoms with Crippen molar-refractivity contribution < 1.29 is 0 Å². The van der Waals surface area contributed by atoms with Crippen LogP contribution in [-0.2, 0) is 13.6 Å². The SMILES string of the molecule is Cn1cc(CN2CCC[C@@H](c3nc4ccccc4[nH]3)C2)cn1. The van der Waals surface area contributed by atoms with Gasteiger partial charge in [-0.25, -0.2) is 4.98 Å². The number of aryl methyl sites for hydroxylation is 1. The fourth-order valence-electron chi connectivity index (χ4n) is 3.40. The standard InChI is InChI=1S/C17H21N5/c1-21-10-13(9-18-21)11-22-8-4-5-14(12-22)17-19-15-6-2-3-7-16(15)20-17/h2-3,6-7,9-10,14H,4-5,8,11-12H2,1H3,(H,19,20)/t14-/m1/s1. The maximum Gasteiger partial charge on any atom is 0.111 e. The minimum atomic E-state index is 0.498. The van der Waals surface area contributed by atoms with Crippen molar-refractivity contribution in [1.82, 2.24) is 24.6 Å². The van der Waals surface area contributed by atoms with E-state index in [-0.39, 0.29) is 0 Å². The molecule has 4 rings (SSSR count). The number of hydrogen-bond donors (Lipinski definition) is 1. The molecule has 0 spiro atoms. The van der Waals surface area contributed by atoms with E-state index in [4.69, 9.17) is 4.98 Å². The van der Waals surface area contributed by atoms with Crippen LogP contribution in [0.1, 0.15) is 30.1 Å². The van der Waals surface area contributed by atoms with E-state index >= 15 is 0 Å². The Morgan fingerprint density at radius 2 is 2.23 bits per heavy atom. The lowest BCUT2D eigenvalue weighted by atomic mass is 9.97. The number of benzene rings is 1. The van der Waals surface area contributed by atoms with Crippen molar-refractivity contribution in [3.05, 3.63) is 48.0 Å². The number of imidazole rings is 1. The molecule has 0 unspecified atom stereocenters. The molecule has 1 atom stereocenters. The van der Waals surface area contributed by atoms with E-state index in [2.05, 4.69) is 39.4 Å². The molecule has 22 heavy (non-hydrogen) atoms. The van der Waals surface area contributed by atoms with Crippen molar-refractivity contribution in [2.45, 2.75) is 25.3 Å². The summed E-state index contributed by atoms with van der Waals surface area (Å²) in [5.74, 6) is 1.63. The number of fused-ring (bicyclic) bond motifs is 1. The predicted octanol–water partition coefficient (Wildman–Crippen LogP) is 2.68. The number of nitrogens with one attached hydrogen (secondary N) is 1. The summed E-state index contributed by atoms with van der Waals surface area (Å²) in [7, 11) is 1.97. The zero-order valence-electron chi connectivity index (χ0n) is 12.9. The van der Waals surface area contributed by atoms with Crippen LogP contribution in [0.4, 0.5) is 0 Å². The van der Waals surface area contributed by atoms with Crippen LogP contribution in [0.15, 0.2) is 36.7 Å². The lowest BCUT2D eigenvalue weighted by Gasteiger charge is -2.31. The number of aromatic nitrogens is 4. The quantitative estimate of drug-likeness (QED) is 0.808. The lowest BCUT2D eigenvalue weighted by molar-refractivity contribution is 0.197. The Morgan fingerprint density at radius 3 is 3.05 bits per heavy atom. The highest BCUT2D eigenvalue weighted by atomic mass is 15.2. The molecule has 0 saturated carbocycles. The molecule has 0 radical (unpaired) electrons. The van der Waals surface area contributed by atoms with Crippen LogP contribution in [0.3, 0.4) is 0 Å². The van der Waals surface area contributed by atoms with E-state index < -0.39 is 0 Å². The van der Waals surface area contributed by atoms with Gasteiger partial charge in [0.05, 0.1) is 17.2 Å². The van der Waals surface area contributed by atoms with Gasteiger partial charge in [-0.1, -0.05) is 12.1 Å². The van der Waals surface area contributed by atoms with Gasteiger partial charge in [0, 0.05) is 37.8 Å². The lowest BCUT2D eigenvalue weighted by Crippen LogP contribution is -2.34. The van der Waals surface area contributed by atoms with E-state index in [1.807, 2.05) is 24.0 Å². The van der Waals surface area contributed by atoms with Gasteiger partial charge in [-0.15, -0.1) is 0 Å². The van der Waals surface area contributed by atoms with E-state index in [0.29, 0.717) is 5.92 Å². The summed E-state index contributed by atoms with van der Waals surface area (Å²) in [6, 6.07) is 8.27. The Balaban J connectivity index is 1.50. The van der Waals surface area contributed by atoms with Gasteiger partial charge < -0.3 is 4.98 Å². The second-order valence-corrected chi connectivity index (χ2v) is 6.24. The van der Waals surface area contributed by atoms with E-state index in [9.17, 15) is 0 Å². The first-order valence-corrected chi connectivity index (χ1v) is 7.92. The third-order valence-corrected chi connectivity index (χ3v) is 4.46. The molecule has 1 aromatic carbocycles. The first kappa shape index (κ1) is 13.5. The van der Waals surface area contributed by atoms with E-state index in [0.717, 1.165) is 36.5 Å². The van der Waals surface area contributed by atoms with Crippen molar-refractivity contribution in [1.29, 1.82) is 0 Å². The average molecular weight is 295 g/mol. The second-order valence-electron chi connectivity index (χ2n) is 6.24. The largest absolute Gasteiger partial charge is 0.342 e. The first-order valence-electron chi connectivity index (χ1n) is 7.92. The third kappa shape index (κ3) is 2.64. The van der Waals surface area contributed by atoms with Gasteiger partial charge in [0.15, 0.2) is 0 Å². The van der Waals surface area contributed by atoms with Crippen LogP contribution in [0.25, 0.3) is 11.0 Å². The van der Waals surface area contributed by atoms with Crippen molar-refractivity contribution in [3.8, 4) is 0 Å². The predicted molar refractivity (Wildman–Crippen MR) is 86.6 cm³/mol. The third-order valence-electron chi connectivity index (χ3n) is 4.46. The van der Waals surface area contributed by atoms with Gasteiger partial charge >= 0.3 is 0 Å². The summed E-state index contributed by atoms with van der Waals surface area (Å²) < 4.78 is 1.87. The molecule has 2 aromatic heterocycles. The van der Waals surface area contributed by atoms with Crippen LogP contribution in [0.2, 0.25) is 0 Å². The molecule has 3 aromatic rings. The Morgan fingerprint density at radius 1 is 1.32 bits per heavy atom. The second kappa shape index (κ2) is 5.57. The summed E-state index contributed by atoms with van der Waals surface area (Å²) >= 11 is 0. The summed E-state index contributed by atoms with van der Waals surface area (Å²) in [4.78, 5) is 10.8. The molecule has 0 aliphatic carbocycles. The smallest absolute Gasteiger partial charge is 0.111 e. The zero-order chi connectivity index (χ0) is 14.9. The van der Waals surface area contributed by atoms with Gasteiger partial charge in [0.2, 0.25) is 0 Å². The highest BCUT2D eigenvalue weighted by Gasteiger charge is 2.24. The Labute approximate surface area is 130 Å². The molecule has 1 aliphatic rings. The molecule has 0 bridgehead atoms. The van der Waals surface area contributed by atoms with Gasteiger partial charge in [0.25, 0.3) is 0 Å². The fraction of sp³-hybridized carbons (Fsp3) is 0.412. The summed E-state index contributed by atoms with van der Waals surface area (Å²) in [6.45, 7) is 3.20. The van der Waals surface area contributed by atoms with Crippen LogP contribution in [0, 0.1) is 0 Å². The molecule has 114 valence electrons. The Bertz CT molecular complexity index is 739. The van der Waals surface area contributed by atoms with Crippen molar-refractivity contribution in [2.75, 3.05) is 13.1 Å². The van der Waals surface area contributed by atoms with Crippen molar-refractivity contribution in [2.24, 2.45) is 7.05 Å². The maximum atomic E-state index is 4.78. The Hall–Kier alpha value is -2.14. The maximum absolute atomic E-state index is 4.78. The molecule has 1 saturated heterocycles. The number of likely N-dealkylation sites (tertiary alicyclic amines) is 1. The van der Waals surface area contributed by atoms with Crippen LogP contribution >= 0.6 is 0 Å². The Kier molecular flexibility index (Phi) is 3.42. The van der Waals surface area contributed by atoms with E-state index in [1.54, 1.807) is 0 Å². The van der Waals surface area contributed by atoms with Gasteiger partial charge in [0.1, 0.15) is 5.82 Å². The van der Waals surface area contributed by atoms with E-state index in [1.165, 1.54) is 18.4 Å². The van der Waals surface area contributed by atoms with Gasteiger partial charge in [-0.05, 0) is 31.5 Å².